The Hall–Kier alpha value is -1.13. The molecule has 0 aromatic carbocycles. The molecule has 0 aliphatic heterocycles. The predicted octanol–water partition coefficient (Wildman–Crippen LogP) is 5.52. The van der Waals surface area contributed by atoms with Crippen LogP contribution in [-0.2, 0) is 17.6 Å². The van der Waals surface area contributed by atoms with Crippen molar-refractivity contribution >= 4 is 5.78 Å². The van der Waals surface area contributed by atoms with Gasteiger partial charge in [-0.15, -0.1) is 0 Å². The molecule has 0 saturated heterocycles. The monoisotopic (exact) mass is 393 g/mol. The van der Waals surface area contributed by atoms with Gasteiger partial charge in [-0.25, -0.2) is 0 Å². The highest BCUT2D eigenvalue weighted by Crippen LogP contribution is 2.20. The zero-order valence-corrected chi connectivity index (χ0v) is 18.5. The number of likely N-dealkylation sites (N-methyl/N-ethyl adjacent to an activating group) is 1. The zero-order valence-electron chi connectivity index (χ0n) is 18.5. The van der Waals surface area contributed by atoms with E-state index in [9.17, 15) is 4.79 Å². The second-order valence-electron chi connectivity index (χ2n) is 8.09. The Kier molecular flexibility index (Phi) is 14.0. The number of unbranched alkanes of at least 4 members (excludes halogenated alkanes) is 9. The minimum atomic E-state index is -0.384. The topological polar surface area (TPSA) is 62.5 Å². The molecule has 1 aromatic rings. The molecule has 4 heteroatoms. The summed E-state index contributed by atoms with van der Waals surface area (Å²) in [6, 6.07) is 1.85. The van der Waals surface area contributed by atoms with E-state index in [2.05, 4.69) is 25.2 Å². The van der Waals surface area contributed by atoms with Crippen LogP contribution >= 0.6 is 0 Å². The molecule has 0 aliphatic rings. The molecule has 4 nitrogen and oxygen atoms in total. The molecular formula is C24H43NO3. The Morgan fingerprint density at radius 3 is 2.21 bits per heavy atom. The van der Waals surface area contributed by atoms with Crippen molar-refractivity contribution in [2.24, 2.45) is 0 Å². The summed E-state index contributed by atoms with van der Waals surface area (Å²) in [5.41, 5.74) is 1.32. The van der Waals surface area contributed by atoms with Gasteiger partial charge in [0, 0.05) is 19.3 Å². The van der Waals surface area contributed by atoms with Crippen molar-refractivity contribution in [1.82, 2.24) is 5.32 Å². The summed E-state index contributed by atoms with van der Waals surface area (Å²) in [6.07, 6.45) is 16.1. The maximum atomic E-state index is 11.8. The number of hydrogen-bond donors (Lipinski definition) is 2. The van der Waals surface area contributed by atoms with Crippen molar-refractivity contribution in [2.45, 2.75) is 110 Å². The number of nitrogens with one attached hydrogen (secondary N) is 1. The number of Topliss-reactive ketones (excluding diaryl/α,β-unsaturated/α-hetero) is 1. The molecule has 1 heterocycles. The van der Waals surface area contributed by atoms with Crippen LogP contribution in [0.1, 0.15) is 101 Å². The summed E-state index contributed by atoms with van der Waals surface area (Å²) in [7, 11) is 1.72. The quantitative estimate of drug-likeness (QED) is 0.322. The van der Waals surface area contributed by atoms with E-state index in [-0.39, 0.29) is 18.4 Å². The first-order valence-electron chi connectivity index (χ1n) is 11.5. The van der Waals surface area contributed by atoms with E-state index < -0.39 is 0 Å². The van der Waals surface area contributed by atoms with Gasteiger partial charge in [0.2, 0.25) is 0 Å². The zero-order chi connectivity index (χ0) is 20.6. The van der Waals surface area contributed by atoms with Gasteiger partial charge in [0.25, 0.3) is 0 Å². The van der Waals surface area contributed by atoms with E-state index in [0.717, 1.165) is 31.4 Å². The van der Waals surface area contributed by atoms with Crippen molar-refractivity contribution in [2.75, 3.05) is 13.7 Å². The van der Waals surface area contributed by atoms with Crippen LogP contribution in [0.25, 0.3) is 0 Å². The summed E-state index contributed by atoms with van der Waals surface area (Å²) in [5, 5.41) is 11.9. The number of aliphatic hydroxyl groups excluding tert-OH is 1. The van der Waals surface area contributed by atoms with Crippen molar-refractivity contribution in [3.05, 3.63) is 23.2 Å². The van der Waals surface area contributed by atoms with E-state index in [0.29, 0.717) is 6.42 Å². The molecular weight excluding hydrogens is 350 g/mol. The third kappa shape index (κ3) is 10.4. The van der Waals surface area contributed by atoms with Gasteiger partial charge in [0.15, 0.2) is 5.78 Å². The number of aryl methyl sites for hydroxylation is 3. The Balaban J connectivity index is 1.99. The average molecular weight is 394 g/mol. The molecule has 0 aliphatic carbocycles. The molecule has 0 fully saturated rings. The van der Waals surface area contributed by atoms with Crippen LogP contribution in [0.2, 0.25) is 0 Å². The Morgan fingerprint density at radius 2 is 1.61 bits per heavy atom. The Bertz CT molecular complexity index is 520. The van der Waals surface area contributed by atoms with Crippen LogP contribution in [-0.4, -0.2) is 30.6 Å². The normalized spacial score (nSPS) is 12.4. The van der Waals surface area contributed by atoms with Crippen molar-refractivity contribution in [1.29, 1.82) is 0 Å². The lowest BCUT2D eigenvalue weighted by atomic mass is 10.0. The molecule has 1 unspecified atom stereocenters. The molecule has 162 valence electrons. The summed E-state index contributed by atoms with van der Waals surface area (Å²) < 4.78 is 6.04. The third-order valence-corrected chi connectivity index (χ3v) is 5.60. The van der Waals surface area contributed by atoms with Crippen LogP contribution < -0.4 is 5.32 Å². The van der Waals surface area contributed by atoms with Gasteiger partial charge in [0.05, 0.1) is 12.6 Å². The molecule has 0 amide bonds. The van der Waals surface area contributed by atoms with Crippen LogP contribution in [0.3, 0.4) is 0 Å². The number of rotatable bonds is 18. The summed E-state index contributed by atoms with van der Waals surface area (Å²) in [6.45, 7) is 4.30. The fourth-order valence-electron chi connectivity index (χ4n) is 3.68. The lowest BCUT2D eigenvalue weighted by molar-refractivity contribution is -0.121. The van der Waals surface area contributed by atoms with E-state index >= 15 is 0 Å². The number of furan rings is 1. The number of ketones is 1. The molecule has 1 atom stereocenters. The Labute approximate surface area is 172 Å². The van der Waals surface area contributed by atoms with Crippen LogP contribution in [0.15, 0.2) is 10.5 Å². The van der Waals surface area contributed by atoms with E-state index in [1.165, 1.54) is 69.1 Å². The van der Waals surface area contributed by atoms with Gasteiger partial charge in [-0.2, -0.15) is 0 Å². The van der Waals surface area contributed by atoms with Crippen LogP contribution in [0.4, 0.5) is 0 Å². The Morgan fingerprint density at radius 1 is 1.00 bits per heavy atom. The molecule has 0 bridgehead atoms. The second kappa shape index (κ2) is 15.8. The molecule has 1 rings (SSSR count). The fourth-order valence-corrected chi connectivity index (χ4v) is 3.68. The summed E-state index contributed by atoms with van der Waals surface area (Å²) in [5.74, 6) is 2.49. The molecule has 0 spiro atoms. The van der Waals surface area contributed by atoms with Crippen LogP contribution in [0.5, 0.6) is 0 Å². The predicted molar refractivity (Wildman–Crippen MR) is 117 cm³/mol. The molecule has 28 heavy (non-hydrogen) atoms. The van der Waals surface area contributed by atoms with Gasteiger partial charge in [-0.3, -0.25) is 4.79 Å². The van der Waals surface area contributed by atoms with Gasteiger partial charge in [-0.05, 0) is 44.9 Å². The minimum Gasteiger partial charge on any atom is -0.466 e. The van der Waals surface area contributed by atoms with Crippen LogP contribution in [0, 0.1) is 6.92 Å². The molecule has 0 saturated carbocycles. The standard InChI is InChI=1S/C24H43NO3/c1-4-5-12-17-24-20(2)18-21(28-24)15-13-10-8-6-7-9-11-14-16-23(27)22(19-26)25-3/h18,22,25-26H,4-17,19H2,1-3H3. The van der Waals surface area contributed by atoms with Crippen molar-refractivity contribution in [3.63, 3.8) is 0 Å². The van der Waals surface area contributed by atoms with Crippen molar-refractivity contribution in [3.8, 4) is 0 Å². The smallest absolute Gasteiger partial charge is 0.152 e. The third-order valence-electron chi connectivity index (χ3n) is 5.60. The first-order chi connectivity index (χ1) is 13.6. The van der Waals surface area contributed by atoms with E-state index in [1.807, 2.05) is 0 Å². The highest BCUT2D eigenvalue weighted by atomic mass is 16.3. The number of carbonyl (C=O) groups excluding carboxylic acids is 1. The highest BCUT2D eigenvalue weighted by Gasteiger charge is 2.13. The average Bonchev–Trinajstić information content (AvgIpc) is 3.04. The summed E-state index contributed by atoms with van der Waals surface area (Å²) >= 11 is 0. The number of carbonyl (C=O) groups is 1. The number of aliphatic hydroxyl groups is 1. The van der Waals surface area contributed by atoms with Gasteiger partial charge in [0.1, 0.15) is 11.5 Å². The fraction of sp³-hybridized carbons (Fsp3) is 0.792. The highest BCUT2D eigenvalue weighted by molar-refractivity contribution is 5.84. The maximum Gasteiger partial charge on any atom is 0.152 e. The first-order valence-corrected chi connectivity index (χ1v) is 11.5. The maximum absolute atomic E-state index is 11.8. The number of hydrogen-bond acceptors (Lipinski definition) is 4. The van der Waals surface area contributed by atoms with Gasteiger partial charge >= 0.3 is 0 Å². The molecule has 2 N–H and O–H groups in total. The van der Waals surface area contributed by atoms with E-state index in [4.69, 9.17) is 9.52 Å². The summed E-state index contributed by atoms with van der Waals surface area (Å²) in [4.78, 5) is 11.8. The molecule has 1 aromatic heterocycles. The SMILES string of the molecule is CCCCCc1oc(CCCCCCCCCCC(=O)C(CO)NC)cc1C. The lowest BCUT2D eigenvalue weighted by Gasteiger charge is -2.11. The van der Waals surface area contributed by atoms with E-state index in [1.54, 1.807) is 7.05 Å². The largest absolute Gasteiger partial charge is 0.466 e. The van der Waals surface area contributed by atoms with Crippen molar-refractivity contribution < 1.29 is 14.3 Å². The lowest BCUT2D eigenvalue weighted by Crippen LogP contribution is -2.37. The molecule has 0 radical (unpaired) electrons. The van der Waals surface area contributed by atoms with Gasteiger partial charge in [-0.1, -0.05) is 58.3 Å². The first kappa shape index (κ1) is 24.9. The minimum absolute atomic E-state index is 0.104. The van der Waals surface area contributed by atoms with Gasteiger partial charge < -0.3 is 14.8 Å². The second-order valence-corrected chi connectivity index (χ2v) is 8.09.